The van der Waals surface area contributed by atoms with Gasteiger partial charge in [0.2, 0.25) is 0 Å². The van der Waals surface area contributed by atoms with E-state index < -0.39 is 17.6 Å². The van der Waals surface area contributed by atoms with Gasteiger partial charge >= 0.3 is 6.18 Å². The number of hydrogen-bond acceptors (Lipinski definition) is 2. The van der Waals surface area contributed by atoms with Crippen LogP contribution in [0.3, 0.4) is 0 Å². The molecular formula is C12H12BrF3N2OS. The van der Waals surface area contributed by atoms with E-state index in [9.17, 15) is 18.0 Å². The van der Waals surface area contributed by atoms with Crippen LogP contribution in [0.1, 0.15) is 22.3 Å². The summed E-state index contributed by atoms with van der Waals surface area (Å²) in [4.78, 5) is 13.5. The molecule has 0 heterocycles. The molecule has 0 radical (unpaired) electrons. The van der Waals surface area contributed by atoms with Crippen molar-refractivity contribution in [1.82, 2.24) is 4.90 Å². The molecule has 0 bridgehead atoms. The van der Waals surface area contributed by atoms with Crippen molar-refractivity contribution < 1.29 is 18.0 Å². The van der Waals surface area contributed by atoms with E-state index in [1.807, 2.05) is 0 Å². The van der Waals surface area contributed by atoms with E-state index in [4.69, 9.17) is 5.73 Å². The normalized spacial score (nSPS) is 11.2. The minimum Gasteiger partial charge on any atom is -0.393 e. The number of nitrogens with zero attached hydrogens (tertiary/aromatic N) is 1. The highest BCUT2D eigenvalue weighted by molar-refractivity contribution is 9.10. The molecule has 1 amide bonds. The van der Waals surface area contributed by atoms with Crippen LogP contribution in [0.5, 0.6) is 0 Å². The number of benzene rings is 1. The number of thiocarbonyl (C=S) groups is 1. The lowest BCUT2D eigenvalue weighted by molar-refractivity contribution is -0.138. The van der Waals surface area contributed by atoms with Crippen molar-refractivity contribution in [2.45, 2.75) is 12.6 Å². The second-order valence-electron chi connectivity index (χ2n) is 4.14. The minimum atomic E-state index is -4.52. The summed E-state index contributed by atoms with van der Waals surface area (Å²) in [7, 11) is 1.48. The van der Waals surface area contributed by atoms with Crippen molar-refractivity contribution in [3.63, 3.8) is 0 Å². The molecule has 0 aliphatic rings. The number of alkyl halides is 3. The second-order valence-corrected chi connectivity index (χ2v) is 5.51. The monoisotopic (exact) mass is 368 g/mol. The SMILES string of the molecule is CN(CCC(N)=S)C(=O)c1ccc(Br)c(C(F)(F)F)c1. The van der Waals surface area contributed by atoms with Crippen LogP contribution in [0.15, 0.2) is 22.7 Å². The van der Waals surface area contributed by atoms with Crippen LogP contribution in [0.4, 0.5) is 13.2 Å². The Morgan fingerprint density at radius 1 is 1.45 bits per heavy atom. The molecule has 0 spiro atoms. The Kier molecular flexibility index (Phi) is 5.52. The van der Waals surface area contributed by atoms with E-state index in [2.05, 4.69) is 28.1 Å². The first-order chi connectivity index (χ1) is 9.12. The quantitative estimate of drug-likeness (QED) is 0.830. The molecule has 2 N–H and O–H groups in total. The van der Waals surface area contributed by atoms with Crippen molar-refractivity contribution in [2.75, 3.05) is 13.6 Å². The zero-order valence-corrected chi connectivity index (χ0v) is 12.9. The van der Waals surface area contributed by atoms with E-state index >= 15 is 0 Å². The Hall–Kier alpha value is -1.15. The van der Waals surface area contributed by atoms with Gasteiger partial charge in [0.15, 0.2) is 0 Å². The van der Waals surface area contributed by atoms with Crippen molar-refractivity contribution in [3.05, 3.63) is 33.8 Å². The standard InChI is InChI=1S/C12H12BrF3N2OS/c1-18(5-4-10(17)20)11(19)7-2-3-9(13)8(6-7)12(14,15)16/h2-3,6H,4-5H2,1H3,(H2,17,20). The number of amides is 1. The Bertz CT molecular complexity index is 534. The third-order valence-electron chi connectivity index (χ3n) is 2.56. The number of rotatable bonds is 4. The van der Waals surface area contributed by atoms with E-state index in [1.165, 1.54) is 24.1 Å². The fraction of sp³-hybridized carbons (Fsp3) is 0.333. The van der Waals surface area contributed by atoms with Gasteiger partial charge in [-0.05, 0) is 18.2 Å². The fourth-order valence-corrected chi connectivity index (χ4v) is 2.04. The van der Waals surface area contributed by atoms with Crippen LogP contribution >= 0.6 is 28.1 Å². The minimum absolute atomic E-state index is 0.0361. The molecule has 0 aromatic heterocycles. The first kappa shape index (κ1) is 16.9. The van der Waals surface area contributed by atoms with Gasteiger partial charge in [-0.25, -0.2) is 0 Å². The molecule has 1 rings (SSSR count). The summed E-state index contributed by atoms with van der Waals surface area (Å²) in [5.41, 5.74) is 4.40. The van der Waals surface area contributed by atoms with Gasteiger partial charge in [-0.15, -0.1) is 0 Å². The van der Waals surface area contributed by atoms with Gasteiger partial charge in [-0.3, -0.25) is 4.79 Å². The summed E-state index contributed by atoms with van der Waals surface area (Å²) in [6.07, 6.45) is -4.20. The highest BCUT2D eigenvalue weighted by atomic mass is 79.9. The summed E-state index contributed by atoms with van der Waals surface area (Å²) in [5.74, 6) is -0.515. The molecule has 3 nitrogen and oxygen atoms in total. The average molecular weight is 369 g/mol. The lowest BCUT2D eigenvalue weighted by Gasteiger charge is -2.18. The van der Waals surface area contributed by atoms with Gasteiger partial charge in [-0.2, -0.15) is 13.2 Å². The average Bonchev–Trinajstić information content (AvgIpc) is 2.34. The predicted molar refractivity (Wildman–Crippen MR) is 77.5 cm³/mol. The molecule has 0 unspecified atom stereocenters. The van der Waals surface area contributed by atoms with Gasteiger partial charge in [-0.1, -0.05) is 28.1 Å². The largest absolute Gasteiger partial charge is 0.417 e. The maximum atomic E-state index is 12.8. The third kappa shape index (κ3) is 4.45. The van der Waals surface area contributed by atoms with Crippen LogP contribution in [0.25, 0.3) is 0 Å². The summed E-state index contributed by atoms with van der Waals surface area (Å²) >= 11 is 7.51. The number of nitrogens with two attached hydrogens (primary N) is 1. The van der Waals surface area contributed by atoms with Gasteiger partial charge in [0.25, 0.3) is 5.91 Å². The van der Waals surface area contributed by atoms with Crippen LogP contribution in [-0.2, 0) is 6.18 Å². The molecule has 20 heavy (non-hydrogen) atoms. The smallest absolute Gasteiger partial charge is 0.393 e. The van der Waals surface area contributed by atoms with E-state index in [1.54, 1.807) is 0 Å². The number of hydrogen-bond donors (Lipinski definition) is 1. The molecule has 1 aromatic carbocycles. The lowest BCUT2D eigenvalue weighted by Crippen LogP contribution is -2.30. The van der Waals surface area contributed by atoms with Gasteiger partial charge in [0.05, 0.1) is 10.6 Å². The topological polar surface area (TPSA) is 46.3 Å². The zero-order chi connectivity index (χ0) is 15.5. The Morgan fingerprint density at radius 3 is 2.55 bits per heavy atom. The summed E-state index contributed by atoms with van der Waals surface area (Å²) in [6, 6.07) is 3.36. The van der Waals surface area contributed by atoms with Crippen LogP contribution in [0, 0.1) is 0 Å². The molecule has 0 saturated heterocycles. The molecule has 0 aliphatic heterocycles. The van der Waals surface area contributed by atoms with Crippen LogP contribution < -0.4 is 5.73 Å². The second kappa shape index (κ2) is 6.53. The number of carbonyl (C=O) groups is 1. The van der Waals surface area contributed by atoms with Crippen LogP contribution in [-0.4, -0.2) is 29.4 Å². The van der Waals surface area contributed by atoms with Crippen molar-refractivity contribution in [1.29, 1.82) is 0 Å². The molecule has 8 heteroatoms. The molecule has 110 valence electrons. The lowest BCUT2D eigenvalue weighted by atomic mass is 10.1. The maximum Gasteiger partial charge on any atom is 0.417 e. The van der Waals surface area contributed by atoms with Crippen molar-refractivity contribution in [3.8, 4) is 0 Å². The van der Waals surface area contributed by atoms with Gasteiger partial charge in [0, 0.05) is 30.0 Å². The van der Waals surface area contributed by atoms with E-state index in [0.717, 1.165) is 6.07 Å². The molecule has 0 fully saturated rings. The van der Waals surface area contributed by atoms with Crippen LogP contribution in [0.2, 0.25) is 0 Å². The summed E-state index contributed by atoms with van der Waals surface area (Å²) < 4.78 is 38.2. The number of halogens is 4. The molecule has 0 saturated carbocycles. The first-order valence-corrected chi connectivity index (χ1v) is 6.73. The predicted octanol–water partition coefficient (Wildman–Crippen LogP) is 3.22. The molecule has 1 aromatic rings. The molecular weight excluding hydrogens is 357 g/mol. The van der Waals surface area contributed by atoms with Crippen molar-refractivity contribution in [2.24, 2.45) is 5.73 Å². The van der Waals surface area contributed by atoms with E-state index in [0.29, 0.717) is 6.42 Å². The highest BCUT2D eigenvalue weighted by Gasteiger charge is 2.33. The number of carbonyl (C=O) groups excluding carboxylic acids is 1. The summed E-state index contributed by atoms with van der Waals surface area (Å²) in [6.45, 7) is 0.256. The van der Waals surface area contributed by atoms with Gasteiger partial charge < -0.3 is 10.6 Å². The molecule has 0 aliphatic carbocycles. The Balaban J connectivity index is 2.97. The maximum absolute atomic E-state index is 12.8. The van der Waals surface area contributed by atoms with Crippen molar-refractivity contribution >= 4 is 39.0 Å². The van der Waals surface area contributed by atoms with Gasteiger partial charge in [0.1, 0.15) is 0 Å². The third-order valence-corrected chi connectivity index (χ3v) is 3.45. The Labute approximate surface area is 128 Å². The fourth-order valence-electron chi connectivity index (χ4n) is 1.48. The van der Waals surface area contributed by atoms with E-state index in [-0.39, 0.29) is 21.6 Å². The Morgan fingerprint density at radius 2 is 2.05 bits per heavy atom. The highest BCUT2D eigenvalue weighted by Crippen LogP contribution is 2.35. The summed E-state index contributed by atoms with van der Waals surface area (Å²) in [5, 5.41) is 0. The molecule has 0 atom stereocenters. The first-order valence-electron chi connectivity index (χ1n) is 5.53. The zero-order valence-electron chi connectivity index (χ0n) is 10.5.